The van der Waals surface area contributed by atoms with Crippen LogP contribution in [0.4, 0.5) is 5.69 Å². The molecule has 0 saturated heterocycles. The van der Waals surface area contributed by atoms with Crippen molar-refractivity contribution in [3.8, 4) is 0 Å². The highest BCUT2D eigenvalue weighted by molar-refractivity contribution is 7.80. The summed E-state index contributed by atoms with van der Waals surface area (Å²) in [5.41, 5.74) is 8.14. The third-order valence-electron chi connectivity index (χ3n) is 3.43. The van der Waals surface area contributed by atoms with Gasteiger partial charge in [-0.3, -0.25) is 14.6 Å². The van der Waals surface area contributed by atoms with Gasteiger partial charge in [-0.15, -0.1) is 0 Å². The average Bonchev–Trinajstić information content (AvgIpc) is 2.71. The molecule has 5 nitrogen and oxygen atoms in total. The standard InChI is InChI=1S/C15H11N3O2S/c1-8-3-2-4-11(12(8)13(16)21)18-14(19)9-5-6-17-7-10(9)15(18)20/h2-7H,1H3,(H2,16,21). The number of anilines is 1. The second-order valence-electron chi connectivity index (χ2n) is 4.70. The molecule has 1 aromatic heterocycles. The Bertz CT molecular complexity index is 766. The molecule has 0 saturated carbocycles. The first-order chi connectivity index (χ1) is 10.0. The van der Waals surface area contributed by atoms with E-state index in [0.717, 1.165) is 10.5 Å². The number of imide groups is 1. The van der Waals surface area contributed by atoms with Crippen LogP contribution in [0.25, 0.3) is 0 Å². The Morgan fingerprint density at radius 3 is 2.57 bits per heavy atom. The number of hydrogen-bond donors (Lipinski definition) is 1. The van der Waals surface area contributed by atoms with E-state index < -0.39 is 5.91 Å². The summed E-state index contributed by atoms with van der Waals surface area (Å²) in [6.07, 6.45) is 2.88. The molecule has 0 fully saturated rings. The van der Waals surface area contributed by atoms with Crippen LogP contribution >= 0.6 is 12.2 Å². The van der Waals surface area contributed by atoms with Crippen LogP contribution < -0.4 is 10.6 Å². The molecule has 2 aromatic rings. The maximum absolute atomic E-state index is 12.5. The van der Waals surface area contributed by atoms with Gasteiger partial charge in [-0.05, 0) is 24.6 Å². The number of benzene rings is 1. The number of carbonyl (C=O) groups excluding carboxylic acids is 2. The van der Waals surface area contributed by atoms with E-state index in [0.29, 0.717) is 16.8 Å². The number of aryl methyl sites for hydroxylation is 1. The quantitative estimate of drug-likeness (QED) is 0.676. The van der Waals surface area contributed by atoms with Crippen LogP contribution in [0.5, 0.6) is 0 Å². The van der Waals surface area contributed by atoms with Crippen LogP contribution in [0.3, 0.4) is 0 Å². The van der Waals surface area contributed by atoms with Crippen molar-refractivity contribution in [3.63, 3.8) is 0 Å². The second kappa shape index (κ2) is 4.75. The Balaban J connectivity index is 2.21. The third-order valence-corrected chi connectivity index (χ3v) is 3.63. The summed E-state index contributed by atoms with van der Waals surface area (Å²) < 4.78 is 0. The highest BCUT2D eigenvalue weighted by Gasteiger charge is 2.38. The zero-order chi connectivity index (χ0) is 15.1. The van der Waals surface area contributed by atoms with Crippen molar-refractivity contribution in [2.24, 2.45) is 5.73 Å². The van der Waals surface area contributed by atoms with E-state index in [9.17, 15) is 9.59 Å². The van der Waals surface area contributed by atoms with Crippen LogP contribution in [0.15, 0.2) is 36.7 Å². The lowest BCUT2D eigenvalue weighted by atomic mass is 10.1. The number of fused-ring (bicyclic) bond motifs is 1. The Morgan fingerprint density at radius 1 is 1.19 bits per heavy atom. The topological polar surface area (TPSA) is 76.3 Å². The lowest BCUT2D eigenvalue weighted by molar-refractivity contribution is 0.0926. The van der Waals surface area contributed by atoms with Crippen molar-refractivity contribution < 1.29 is 9.59 Å². The van der Waals surface area contributed by atoms with Gasteiger partial charge < -0.3 is 5.73 Å². The molecule has 104 valence electrons. The van der Waals surface area contributed by atoms with Crippen LogP contribution in [-0.4, -0.2) is 21.8 Å². The summed E-state index contributed by atoms with van der Waals surface area (Å²) in [4.78, 5) is 30.1. The Morgan fingerprint density at radius 2 is 1.90 bits per heavy atom. The predicted molar refractivity (Wildman–Crippen MR) is 82.4 cm³/mol. The van der Waals surface area contributed by atoms with Crippen molar-refractivity contribution in [1.82, 2.24) is 4.98 Å². The molecule has 3 rings (SSSR count). The number of pyridine rings is 1. The number of thiocarbonyl (C=S) groups is 1. The number of carbonyl (C=O) groups is 2. The Kier molecular flexibility index (Phi) is 3.03. The van der Waals surface area contributed by atoms with E-state index in [1.807, 2.05) is 13.0 Å². The van der Waals surface area contributed by atoms with Gasteiger partial charge in [-0.25, -0.2) is 4.90 Å². The fourth-order valence-corrected chi connectivity index (χ4v) is 2.73. The zero-order valence-electron chi connectivity index (χ0n) is 11.2. The number of hydrogen-bond acceptors (Lipinski definition) is 4. The van der Waals surface area contributed by atoms with E-state index in [1.54, 1.807) is 12.1 Å². The minimum Gasteiger partial charge on any atom is -0.389 e. The first kappa shape index (κ1) is 13.4. The molecule has 2 heterocycles. The van der Waals surface area contributed by atoms with Crippen molar-refractivity contribution >= 4 is 34.7 Å². The monoisotopic (exact) mass is 297 g/mol. The van der Waals surface area contributed by atoms with Crippen molar-refractivity contribution in [2.45, 2.75) is 6.92 Å². The molecule has 0 aliphatic carbocycles. The second-order valence-corrected chi connectivity index (χ2v) is 5.14. The molecule has 21 heavy (non-hydrogen) atoms. The normalized spacial score (nSPS) is 13.5. The van der Waals surface area contributed by atoms with Gasteiger partial charge in [0.25, 0.3) is 11.8 Å². The summed E-state index contributed by atoms with van der Waals surface area (Å²) in [5, 5.41) is 0. The highest BCUT2D eigenvalue weighted by Crippen LogP contribution is 2.31. The maximum atomic E-state index is 12.5. The molecule has 2 amide bonds. The first-order valence-corrected chi connectivity index (χ1v) is 6.65. The van der Waals surface area contributed by atoms with Crippen LogP contribution in [0, 0.1) is 6.92 Å². The number of amides is 2. The third kappa shape index (κ3) is 1.92. The molecule has 1 aliphatic heterocycles. The van der Waals surface area contributed by atoms with Gasteiger partial charge >= 0.3 is 0 Å². The average molecular weight is 297 g/mol. The lowest BCUT2D eigenvalue weighted by Crippen LogP contribution is -2.32. The van der Waals surface area contributed by atoms with Gasteiger partial charge in [0.2, 0.25) is 0 Å². The Labute approximate surface area is 126 Å². The van der Waals surface area contributed by atoms with Gasteiger partial charge in [0.15, 0.2) is 0 Å². The lowest BCUT2D eigenvalue weighted by Gasteiger charge is -2.19. The van der Waals surface area contributed by atoms with Gasteiger partial charge in [-0.2, -0.15) is 0 Å². The smallest absolute Gasteiger partial charge is 0.267 e. The molecular formula is C15H11N3O2S. The largest absolute Gasteiger partial charge is 0.389 e. The SMILES string of the molecule is Cc1cccc(N2C(=O)c3ccncc3C2=O)c1C(N)=S. The van der Waals surface area contributed by atoms with Gasteiger partial charge in [0, 0.05) is 18.0 Å². The number of nitrogens with two attached hydrogens (primary N) is 1. The number of nitrogens with zero attached hydrogens (tertiary/aromatic N) is 2. The minimum atomic E-state index is -0.411. The zero-order valence-corrected chi connectivity index (χ0v) is 12.0. The summed E-state index contributed by atoms with van der Waals surface area (Å²) in [5.74, 6) is -0.799. The van der Waals surface area contributed by atoms with E-state index in [1.165, 1.54) is 18.5 Å². The molecule has 0 spiro atoms. The maximum Gasteiger partial charge on any atom is 0.267 e. The van der Waals surface area contributed by atoms with E-state index >= 15 is 0 Å². The molecule has 0 atom stereocenters. The van der Waals surface area contributed by atoms with Crippen molar-refractivity contribution in [1.29, 1.82) is 0 Å². The molecule has 1 aliphatic rings. The molecule has 1 aromatic carbocycles. The van der Waals surface area contributed by atoms with Gasteiger partial charge in [-0.1, -0.05) is 24.4 Å². The summed E-state index contributed by atoms with van der Waals surface area (Å²) in [6, 6.07) is 6.79. The minimum absolute atomic E-state index is 0.151. The van der Waals surface area contributed by atoms with Gasteiger partial charge in [0.05, 0.1) is 16.8 Å². The summed E-state index contributed by atoms with van der Waals surface area (Å²) >= 11 is 5.05. The molecule has 0 unspecified atom stereocenters. The summed E-state index contributed by atoms with van der Waals surface area (Å²) in [6.45, 7) is 1.83. The molecule has 6 heteroatoms. The van der Waals surface area contributed by atoms with Gasteiger partial charge in [0.1, 0.15) is 4.99 Å². The molecule has 2 N–H and O–H groups in total. The van der Waals surface area contributed by atoms with E-state index in [4.69, 9.17) is 18.0 Å². The van der Waals surface area contributed by atoms with E-state index in [2.05, 4.69) is 4.98 Å². The van der Waals surface area contributed by atoms with Crippen LogP contribution in [0.2, 0.25) is 0 Å². The highest BCUT2D eigenvalue weighted by atomic mass is 32.1. The Hall–Kier alpha value is -2.60. The van der Waals surface area contributed by atoms with Crippen molar-refractivity contribution in [3.05, 3.63) is 58.9 Å². The van der Waals surface area contributed by atoms with Crippen LogP contribution in [0.1, 0.15) is 31.8 Å². The van der Waals surface area contributed by atoms with Crippen molar-refractivity contribution in [2.75, 3.05) is 4.90 Å². The fourth-order valence-electron chi connectivity index (χ4n) is 2.46. The molecule has 0 radical (unpaired) electrons. The fraction of sp³-hybridized carbons (Fsp3) is 0.0667. The molecule has 0 bridgehead atoms. The first-order valence-electron chi connectivity index (χ1n) is 6.24. The van der Waals surface area contributed by atoms with Crippen LogP contribution in [-0.2, 0) is 0 Å². The number of rotatable bonds is 2. The number of aromatic nitrogens is 1. The summed E-state index contributed by atoms with van der Waals surface area (Å²) in [7, 11) is 0. The van der Waals surface area contributed by atoms with E-state index in [-0.39, 0.29) is 16.5 Å². The predicted octanol–water partition coefficient (Wildman–Crippen LogP) is 1.82. The molecular weight excluding hydrogens is 286 g/mol.